The minimum Gasteiger partial charge on any atom is -0.370 e. The number of hydrogen-bond donors (Lipinski definition) is 0. The van der Waals surface area contributed by atoms with Gasteiger partial charge in [0.1, 0.15) is 6.07 Å². The Balaban J connectivity index is 2.13. The molecular formula is C16H22ClN3. The van der Waals surface area contributed by atoms with Gasteiger partial charge in [-0.25, -0.2) is 0 Å². The Kier molecular flexibility index (Phi) is 5.28. The highest BCUT2D eigenvalue weighted by molar-refractivity contribution is 6.17. The van der Waals surface area contributed by atoms with Gasteiger partial charge in [-0.2, -0.15) is 5.26 Å². The molecule has 1 aromatic carbocycles. The molecule has 0 aromatic heterocycles. The molecule has 0 amide bonds. The molecule has 0 N–H and O–H groups in total. The van der Waals surface area contributed by atoms with E-state index in [1.54, 1.807) is 0 Å². The first kappa shape index (κ1) is 15.2. The third kappa shape index (κ3) is 3.26. The number of hydrogen-bond acceptors (Lipinski definition) is 3. The fourth-order valence-electron chi connectivity index (χ4n) is 2.88. The maximum atomic E-state index is 9.34. The minimum atomic E-state index is 0.452. The van der Waals surface area contributed by atoms with Crippen molar-refractivity contribution in [2.75, 3.05) is 31.6 Å². The van der Waals surface area contributed by atoms with Gasteiger partial charge in [0, 0.05) is 32.1 Å². The first-order valence-corrected chi connectivity index (χ1v) is 7.77. The molecule has 1 aliphatic heterocycles. The number of likely N-dealkylation sites (tertiary alicyclic amines) is 1. The highest BCUT2D eigenvalue weighted by Gasteiger charge is 2.23. The molecule has 0 bridgehead atoms. The zero-order chi connectivity index (χ0) is 14.5. The number of halogens is 1. The van der Waals surface area contributed by atoms with Gasteiger partial charge in [-0.3, -0.25) is 0 Å². The average Bonchev–Trinajstić information content (AvgIpc) is 2.53. The van der Waals surface area contributed by atoms with Crippen molar-refractivity contribution < 1.29 is 0 Å². The van der Waals surface area contributed by atoms with Crippen LogP contribution in [-0.4, -0.2) is 37.6 Å². The Morgan fingerprint density at radius 3 is 2.65 bits per heavy atom. The van der Waals surface area contributed by atoms with Crippen LogP contribution in [0.3, 0.4) is 0 Å². The summed E-state index contributed by atoms with van der Waals surface area (Å²) in [6.45, 7) is 5.63. The Morgan fingerprint density at radius 2 is 2.10 bits per heavy atom. The molecule has 1 heterocycles. The van der Waals surface area contributed by atoms with Crippen molar-refractivity contribution in [1.29, 1.82) is 5.26 Å². The fraction of sp³-hybridized carbons (Fsp3) is 0.562. The average molecular weight is 292 g/mol. The predicted molar refractivity (Wildman–Crippen MR) is 84.3 cm³/mol. The quantitative estimate of drug-likeness (QED) is 0.798. The van der Waals surface area contributed by atoms with Crippen LogP contribution in [0.25, 0.3) is 0 Å². The number of piperidine rings is 1. The molecule has 0 aliphatic carbocycles. The van der Waals surface area contributed by atoms with Crippen LogP contribution in [0.1, 0.15) is 30.9 Å². The maximum Gasteiger partial charge on any atom is 0.101 e. The Bertz CT molecular complexity index is 487. The molecule has 1 aromatic rings. The Morgan fingerprint density at radius 1 is 1.40 bits per heavy atom. The summed E-state index contributed by atoms with van der Waals surface area (Å²) in [7, 11) is 2.10. The van der Waals surface area contributed by atoms with Crippen LogP contribution in [0, 0.1) is 11.3 Å². The van der Waals surface area contributed by atoms with Gasteiger partial charge in [0.05, 0.1) is 11.3 Å². The lowest BCUT2D eigenvalue weighted by Gasteiger charge is -2.37. The van der Waals surface area contributed by atoms with Crippen molar-refractivity contribution >= 4 is 17.3 Å². The van der Waals surface area contributed by atoms with Crippen molar-refractivity contribution in [3.8, 4) is 6.07 Å². The molecule has 0 atom stereocenters. The van der Waals surface area contributed by atoms with Crippen LogP contribution in [-0.2, 0) is 5.88 Å². The smallest absolute Gasteiger partial charge is 0.101 e. The highest BCUT2D eigenvalue weighted by Crippen LogP contribution is 2.26. The molecule has 0 radical (unpaired) electrons. The van der Waals surface area contributed by atoms with Crippen molar-refractivity contribution in [3.63, 3.8) is 0 Å². The van der Waals surface area contributed by atoms with Crippen LogP contribution in [0.5, 0.6) is 0 Å². The lowest BCUT2D eigenvalue weighted by atomic mass is 10.0. The van der Waals surface area contributed by atoms with E-state index in [0.717, 1.165) is 49.3 Å². The molecule has 20 heavy (non-hydrogen) atoms. The second-order valence-electron chi connectivity index (χ2n) is 5.37. The summed E-state index contributed by atoms with van der Waals surface area (Å²) >= 11 is 5.84. The minimum absolute atomic E-state index is 0.452. The van der Waals surface area contributed by atoms with Crippen LogP contribution >= 0.6 is 11.6 Å². The van der Waals surface area contributed by atoms with Crippen molar-refractivity contribution in [2.24, 2.45) is 0 Å². The van der Waals surface area contributed by atoms with Crippen molar-refractivity contribution in [3.05, 3.63) is 29.3 Å². The largest absolute Gasteiger partial charge is 0.370 e. The van der Waals surface area contributed by atoms with Crippen LogP contribution in [0.4, 0.5) is 5.69 Å². The normalized spacial score (nSPS) is 16.9. The maximum absolute atomic E-state index is 9.34. The second kappa shape index (κ2) is 6.97. The van der Waals surface area contributed by atoms with E-state index >= 15 is 0 Å². The molecular weight excluding hydrogens is 270 g/mol. The number of benzene rings is 1. The van der Waals surface area contributed by atoms with Crippen molar-refractivity contribution in [2.45, 2.75) is 31.7 Å². The first-order valence-electron chi connectivity index (χ1n) is 7.23. The number of anilines is 1. The topological polar surface area (TPSA) is 30.3 Å². The molecule has 1 fully saturated rings. The van der Waals surface area contributed by atoms with Crippen LogP contribution < -0.4 is 4.90 Å². The zero-order valence-electron chi connectivity index (χ0n) is 12.3. The second-order valence-corrected chi connectivity index (χ2v) is 5.64. The summed E-state index contributed by atoms with van der Waals surface area (Å²) in [6.07, 6.45) is 2.32. The van der Waals surface area contributed by atoms with E-state index in [4.69, 9.17) is 11.6 Å². The van der Waals surface area contributed by atoms with Gasteiger partial charge >= 0.3 is 0 Å². The van der Waals surface area contributed by atoms with Crippen molar-refractivity contribution in [1.82, 2.24) is 4.90 Å². The molecule has 0 spiro atoms. The van der Waals surface area contributed by atoms with Gasteiger partial charge in [0.25, 0.3) is 0 Å². The standard InChI is InChI=1S/C16H22ClN3/c1-3-20-8-6-15(7-9-20)19(2)16-5-4-13(11-17)10-14(16)12-18/h4-5,10,15H,3,6-9,11H2,1-2H3. The van der Waals surface area contributed by atoms with Crippen LogP contribution in [0.15, 0.2) is 18.2 Å². The summed E-state index contributed by atoms with van der Waals surface area (Å²) in [6, 6.07) is 8.77. The number of rotatable bonds is 4. The Hall–Kier alpha value is -1.24. The van der Waals surface area contributed by atoms with Gasteiger partial charge in [-0.05, 0) is 37.1 Å². The molecule has 2 rings (SSSR count). The van der Waals surface area contributed by atoms with Gasteiger partial charge in [0.15, 0.2) is 0 Å². The van der Waals surface area contributed by atoms with Gasteiger partial charge in [0.2, 0.25) is 0 Å². The number of nitrogens with zero attached hydrogens (tertiary/aromatic N) is 3. The van der Waals surface area contributed by atoms with E-state index < -0.39 is 0 Å². The summed E-state index contributed by atoms with van der Waals surface area (Å²) in [5, 5.41) is 9.34. The summed E-state index contributed by atoms with van der Waals surface area (Å²) in [5.74, 6) is 0.452. The third-order valence-corrected chi connectivity index (χ3v) is 4.58. The molecule has 3 nitrogen and oxygen atoms in total. The summed E-state index contributed by atoms with van der Waals surface area (Å²) in [4.78, 5) is 4.75. The summed E-state index contributed by atoms with van der Waals surface area (Å²) < 4.78 is 0. The van der Waals surface area contributed by atoms with Crippen LogP contribution in [0.2, 0.25) is 0 Å². The van der Waals surface area contributed by atoms with E-state index in [9.17, 15) is 5.26 Å². The monoisotopic (exact) mass is 291 g/mol. The predicted octanol–water partition coefficient (Wildman–Crippen LogP) is 3.22. The van der Waals surface area contributed by atoms with Gasteiger partial charge in [-0.1, -0.05) is 13.0 Å². The molecule has 4 heteroatoms. The molecule has 1 saturated heterocycles. The summed E-state index contributed by atoms with van der Waals surface area (Å²) in [5.41, 5.74) is 2.75. The number of nitriles is 1. The Labute approximate surface area is 126 Å². The van der Waals surface area contributed by atoms with E-state index in [-0.39, 0.29) is 0 Å². The lowest BCUT2D eigenvalue weighted by Crippen LogP contribution is -2.43. The number of alkyl halides is 1. The molecule has 0 saturated carbocycles. The lowest BCUT2D eigenvalue weighted by molar-refractivity contribution is 0.221. The third-order valence-electron chi connectivity index (χ3n) is 4.27. The van der Waals surface area contributed by atoms with E-state index in [1.165, 1.54) is 0 Å². The van der Waals surface area contributed by atoms with Gasteiger partial charge < -0.3 is 9.80 Å². The fourth-order valence-corrected chi connectivity index (χ4v) is 3.05. The molecule has 0 unspecified atom stereocenters. The van der Waals surface area contributed by atoms with Gasteiger partial charge in [-0.15, -0.1) is 11.6 Å². The first-order chi connectivity index (χ1) is 9.69. The van der Waals surface area contributed by atoms with E-state index in [2.05, 4.69) is 29.8 Å². The molecule has 108 valence electrons. The molecule has 1 aliphatic rings. The van der Waals surface area contributed by atoms with E-state index in [0.29, 0.717) is 11.9 Å². The SMILES string of the molecule is CCN1CCC(N(C)c2ccc(CCl)cc2C#N)CC1. The zero-order valence-corrected chi connectivity index (χ0v) is 13.0. The van der Waals surface area contributed by atoms with E-state index in [1.807, 2.05) is 18.2 Å². The highest BCUT2D eigenvalue weighted by atomic mass is 35.5.